The van der Waals surface area contributed by atoms with Crippen molar-refractivity contribution in [3.63, 3.8) is 0 Å². The number of carbonyl (C=O) groups is 1. The van der Waals surface area contributed by atoms with Crippen LogP contribution in [-0.2, 0) is 6.54 Å². The summed E-state index contributed by atoms with van der Waals surface area (Å²) in [5.74, 6) is 0.971. The lowest BCUT2D eigenvalue weighted by molar-refractivity contribution is 0.0951. The highest BCUT2D eigenvalue weighted by Gasteiger charge is 2.31. The monoisotopic (exact) mass is 352 g/mol. The van der Waals surface area contributed by atoms with Gasteiger partial charge in [0.1, 0.15) is 0 Å². The Hall–Kier alpha value is -3.09. The van der Waals surface area contributed by atoms with Crippen LogP contribution in [0.5, 0.6) is 0 Å². The fraction of sp³-hybridized carbons (Fsp3) is 0.316. The second-order valence-corrected chi connectivity index (χ2v) is 6.53. The molecule has 0 radical (unpaired) electrons. The van der Waals surface area contributed by atoms with Crippen molar-refractivity contribution in [1.82, 2.24) is 19.7 Å². The average molecular weight is 352 g/mol. The Morgan fingerprint density at radius 2 is 2.15 bits per heavy atom. The van der Waals surface area contributed by atoms with Crippen LogP contribution in [0, 0.1) is 6.92 Å². The number of nitrogens with zero attached hydrogens (tertiary/aromatic N) is 3. The highest BCUT2D eigenvalue weighted by molar-refractivity contribution is 5.94. The third-order valence-electron chi connectivity index (χ3n) is 4.41. The number of hydrogen-bond donors (Lipinski definition) is 1. The van der Waals surface area contributed by atoms with Crippen LogP contribution in [-0.4, -0.2) is 26.8 Å². The first-order chi connectivity index (χ1) is 12.6. The lowest BCUT2D eigenvalue weighted by Gasteiger charge is -2.05. The standard InChI is InChI=1S/C19H20N4O3/c1-13-4-2-5-14(12-13)18(24)20-9-10-22-19(25)23(15-7-8-15)17(21-22)16-6-3-11-26-16/h2-6,11-12,15H,7-10H2,1H3,(H,20,24). The maximum absolute atomic E-state index is 12.7. The molecule has 0 aliphatic heterocycles. The Bertz CT molecular complexity index is 981. The maximum Gasteiger partial charge on any atom is 0.346 e. The van der Waals surface area contributed by atoms with Gasteiger partial charge in [0.05, 0.1) is 12.8 Å². The summed E-state index contributed by atoms with van der Waals surface area (Å²) in [6.07, 6.45) is 3.52. The van der Waals surface area contributed by atoms with Gasteiger partial charge in [0, 0.05) is 18.2 Å². The van der Waals surface area contributed by atoms with Gasteiger partial charge in [-0.25, -0.2) is 9.48 Å². The quantitative estimate of drug-likeness (QED) is 0.738. The summed E-state index contributed by atoms with van der Waals surface area (Å²) in [6, 6.07) is 11.2. The lowest BCUT2D eigenvalue weighted by atomic mass is 10.1. The number of carbonyl (C=O) groups excluding carboxylic acids is 1. The molecule has 0 spiro atoms. The zero-order valence-electron chi connectivity index (χ0n) is 14.5. The number of rotatable bonds is 6. The number of benzene rings is 1. The molecule has 0 saturated heterocycles. The van der Waals surface area contributed by atoms with Gasteiger partial charge in [-0.3, -0.25) is 9.36 Å². The van der Waals surface area contributed by atoms with Crippen molar-refractivity contribution in [3.8, 4) is 11.6 Å². The van der Waals surface area contributed by atoms with Gasteiger partial charge in [-0.15, -0.1) is 5.10 Å². The van der Waals surface area contributed by atoms with E-state index in [4.69, 9.17) is 4.42 Å². The van der Waals surface area contributed by atoms with Gasteiger partial charge in [-0.05, 0) is 44.0 Å². The molecule has 7 nitrogen and oxygen atoms in total. The minimum atomic E-state index is -0.163. The Labute approximate surface area is 150 Å². The predicted octanol–water partition coefficient (Wildman–Crippen LogP) is 2.38. The smallest absolute Gasteiger partial charge is 0.346 e. The normalized spacial score (nSPS) is 13.7. The van der Waals surface area contributed by atoms with E-state index in [9.17, 15) is 9.59 Å². The van der Waals surface area contributed by atoms with Crippen LogP contribution < -0.4 is 11.0 Å². The van der Waals surface area contributed by atoms with Gasteiger partial charge < -0.3 is 9.73 Å². The summed E-state index contributed by atoms with van der Waals surface area (Å²) >= 11 is 0. The van der Waals surface area contributed by atoms with Gasteiger partial charge >= 0.3 is 5.69 Å². The van der Waals surface area contributed by atoms with Crippen molar-refractivity contribution in [3.05, 3.63) is 64.3 Å². The molecule has 7 heteroatoms. The second-order valence-electron chi connectivity index (χ2n) is 6.53. The van der Waals surface area contributed by atoms with Crippen LogP contribution in [0.25, 0.3) is 11.6 Å². The van der Waals surface area contributed by atoms with Gasteiger partial charge in [0.25, 0.3) is 5.91 Å². The highest BCUT2D eigenvalue weighted by atomic mass is 16.3. The number of hydrogen-bond acceptors (Lipinski definition) is 4. The van der Waals surface area contributed by atoms with Crippen LogP contribution in [0.2, 0.25) is 0 Å². The summed E-state index contributed by atoms with van der Waals surface area (Å²) in [6.45, 7) is 2.58. The van der Waals surface area contributed by atoms with E-state index in [1.165, 1.54) is 4.68 Å². The molecule has 134 valence electrons. The molecule has 0 unspecified atom stereocenters. The maximum atomic E-state index is 12.7. The van der Waals surface area contributed by atoms with Crippen molar-refractivity contribution >= 4 is 5.91 Å². The van der Waals surface area contributed by atoms with Crippen molar-refractivity contribution in [2.75, 3.05) is 6.54 Å². The van der Waals surface area contributed by atoms with Crippen molar-refractivity contribution in [1.29, 1.82) is 0 Å². The number of aromatic nitrogens is 3. The summed E-state index contributed by atoms with van der Waals surface area (Å²) in [7, 11) is 0. The van der Waals surface area contributed by atoms with E-state index in [0.717, 1.165) is 18.4 Å². The molecule has 1 N–H and O–H groups in total. The zero-order chi connectivity index (χ0) is 18.1. The molecule has 1 aliphatic rings. The number of nitrogens with one attached hydrogen (secondary N) is 1. The van der Waals surface area contributed by atoms with Gasteiger partial charge in [0.2, 0.25) is 5.82 Å². The molecule has 1 saturated carbocycles. The van der Waals surface area contributed by atoms with E-state index in [1.54, 1.807) is 29.0 Å². The fourth-order valence-corrected chi connectivity index (χ4v) is 2.97. The first-order valence-electron chi connectivity index (χ1n) is 8.71. The first-order valence-corrected chi connectivity index (χ1v) is 8.71. The zero-order valence-corrected chi connectivity index (χ0v) is 14.5. The predicted molar refractivity (Wildman–Crippen MR) is 96.0 cm³/mol. The van der Waals surface area contributed by atoms with Gasteiger partial charge in [-0.2, -0.15) is 0 Å². The highest BCUT2D eigenvalue weighted by Crippen LogP contribution is 2.36. The third kappa shape index (κ3) is 3.20. The molecule has 1 fully saturated rings. The third-order valence-corrected chi connectivity index (χ3v) is 4.41. The minimum absolute atomic E-state index is 0.158. The van der Waals surface area contributed by atoms with Crippen LogP contribution >= 0.6 is 0 Å². The number of furan rings is 1. The van der Waals surface area contributed by atoms with Crippen LogP contribution in [0.3, 0.4) is 0 Å². The molecular weight excluding hydrogens is 332 g/mol. The van der Waals surface area contributed by atoms with Crippen LogP contribution in [0.1, 0.15) is 34.8 Å². The molecule has 1 aromatic carbocycles. The Kier molecular flexibility index (Phi) is 4.20. The molecule has 1 aliphatic carbocycles. The molecule has 1 amide bonds. The molecular formula is C19H20N4O3. The van der Waals surface area contributed by atoms with E-state index in [2.05, 4.69) is 10.4 Å². The molecule has 2 aromatic heterocycles. The first kappa shape index (κ1) is 16.4. The molecule has 4 rings (SSSR count). The molecule has 0 atom stereocenters. The molecule has 3 aromatic rings. The van der Waals surface area contributed by atoms with E-state index >= 15 is 0 Å². The van der Waals surface area contributed by atoms with E-state index < -0.39 is 0 Å². The summed E-state index contributed by atoms with van der Waals surface area (Å²) < 4.78 is 8.50. The SMILES string of the molecule is Cc1cccc(C(=O)NCCn2nc(-c3ccco3)n(C3CC3)c2=O)c1. The number of amides is 1. The Morgan fingerprint density at radius 1 is 1.31 bits per heavy atom. The molecule has 2 heterocycles. The van der Waals surface area contributed by atoms with Gasteiger partial charge in [-0.1, -0.05) is 17.7 Å². The number of aryl methyl sites for hydroxylation is 1. The van der Waals surface area contributed by atoms with E-state index in [-0.39, 0.29) is 17.6 Å². The average Bonchev–Trinajstić information content (AvgIpc) is 3.20. The molecule has 0 bridgehead atoms. The van der Waals surface area contributed by atoms with Crippen LogP contribution in [0.4, 0.5) is 0 Å². The van der Waals surface area contributed by atoms with Crippen LogP contribution in [0.15, 0.2) is 51.9 Å². The topological polar surface area (TPSA) is 82.1 Å². The minimum Gasteiger partial charge on any atom is -0.461 e. The van der Waals surface area contributed by atoms with Gasteiger partial charge in [0.15, 0.2) is 5.76 Å². The Balaban J connectivity index is 1.48. The van der Waals surface area contributed by atoms with E-state index in [0.29, 0.717) is 30.2 Å². The summed E-state index contributed by atoms with van der Waals surface area (Å²) in [4.78, 5) is 24.9. The van der Waals surface area contributed by atoms with Crippen molar-refractivity contribution in [2.24, 2.45) is 0 Å². The Morgan fingerprint density at radius 3 is 2.85 bits per heavy atom. The van der Waals surface area contributed by atoms with E-state index in [1.807, 2.05) is 25.1 Å². The molecule has 26 heavy (non-hydrogen) atoms. The fourth-order valence-electron chi connectivity index (χ4n) is 2.97. The lowest BCUT2D eigenvalue weighted by Crippen LogP contribution is -2.32. The second kappa shape index (κ2) is 6.67. The largest absolute Gasteiger partial charge is 0.461 e. The summed E-state index contributed by atoms with van der Waals surface area (Å²) in [5, 5.41) is 7.26. The van der Waals surface area contributed by atoms with Crippen molar-refractivity contribution < 1.29 is 9.21 Å². The van der Waals surface area contributed by atoms with Crippen molar-refractivity contribution in [2.45, 2.75) is 32.4 Å². The summed E-state index contributed by atoms with van der Waals surface area (Å²) in [5.41, 5.74) is 1.47.